The van der Waals surface area contributed by atoms with E-state index >= 15 is 0 Å². The van der Waals surface area contributed by atoms with E-state index in [1.165, 1.54) is 22.6 Å². The lowest BCUT2D eigenvalue weighted by molar-refractivity contribution is 0.0688. The summed E-state index contributed by atoms with van der Waals surface area (Å²) < 4.78 is 8.51. The maximum absolute atomic E-state index is 13.1. The summed E-state index contributed by atoms with van der Waals surface area (Å²) in [6.07, 6.45) is 3.27. The number of benzene rings is 1. The van der Waals surface area contributed by atoms with Crippen molar-refractivity contribution in [2.75, 3.05) is 26.1 Å². The number of carboxylic acid groups (broad SMARTS) is 1. The van der Waals surface area contributed by atoms with Gasteiger partial charge in [-0.25, -0.2) is 14.5 Å². The van der Waals surface area contributed by atoms with Crippen LogP contribution >= 0.6 is 23.2 Å². The minimum Gasteiger partial charge on any atom is -0.479 e. The van der Waals surface area contributed by atoms with Crippen LogP contribution in [0.1, 0.15) is 58.6 Å². The van der Waals surface area contributed by atoms with Crippen LogP contribution in [0, 0.1) is 0 Å². The Kier molecular flexibility index (Phi) is 8.51. The zero-order valence-electron chi connectivity index (χ0n) is 23.0. The van der Waals surface area contributed by atoms with E-state index in [0.717, 1.165) is 5.56 Å². The van der Waals surface area contributed by atoms with Crippen molar-refractivity contribution in [1.82, 2.24) is 24.3 Å². The van der Waals surface area contributed by atoms with Crippen molar-refractivity contribution in [3.05, 3.63) is 91.2 Å². The number of pyridine rings is 1. The fourth-order valence-electron chi connectivity index (χ4n) is 4.73. The minimum absolute atomic E-state index is 0.152. The second-order valence-corrected chi connectivity index (χ2v) is 10.8. The standard InChI is InChI=1S/C28H30Cl2N6O4/c1-15(2)24-22(23(27(38)39)33-36(24)21-13-31-28(34(3)4)32-25(21)40-6)20(16-7-9-18(29)10-8-16)12-17-11-19(30)14-35(5)26(17)37/h7-11,13-15,20H,12H2,1-6H3,(H,38,39). The normalized spacial score (nSPS) is 12.0. The summed E-state index contributed by atoms with van der Waals surface area (Å²) in [5, 5.41) is 15.9. The van der Waals surface area contributed by atoms with Gasteiger partial charge in [-0.2, -0.15) is 10.1 Å². The summed E-state index contributed by atoms with van der Waals surface area (Å²) in [6.45, 7) is 3.89. The molecule has 0 spiro atoms. The highest BCUT2D eigenvalue weighted by Crippen LogP contribution is 2.39. The third kappa shape index (κ3) is 5.68. The van der Waals surface area contributed by atoms with Gasteiger partial charge in [0.2, 0.25) is 11.8 Å². The Morgan fingerprint density at radius 1 is 1.15 bits per heavy atom. The predicted molar refractivity (Wildman–Crippen MR) is 155 cm³/mol. The predicted octanol–water partition coefficient (Wildman–Crippen LogP) is 4.94. The zero-order valence-corrected chi connectivity index (χ0v) is 24.5. The SMILES string of the molecule is COc1nc(N(C)C)ncc1-n1nc(C(=O)O)c(C(Cc2cc(Cl)cn(C)c2=O)c2ccc(Cl)cc2)c1C(C)C. The number of hydrogen-bond acceptors (Lipinski definition) is 7. The molecule has 0 radical (unpaired) electrons. The smallest absolute Gasteiger partial charge is 0.356 e. The summed E-state index contributed by atoms with van der Waals surface area (Å²) >= 11 is 12.5. The zero-order chi connectivity index (χ0) is 29.3. The maximum atomic E-state index is 13.1. The molecule has 1 aromatic carbocycles. The Hall–Kier alpha value is -3.89. The van der Waals surface area contributed by atoms with E-state index in [4.69, 9.17) is 27.9 Å². The first-order chi connectivity index (χ1) is 18.9. The molecule has 0 aliphatic heterocycles. The van der Waals surface area contributed by atoms with Crippen molar-refractivity contribution < 1.29 is 14.6 Å². The molecular weight excluding hydrogens is 555 g/mol. The number of methoxy groups -OCH3 is 1. The molecule has 0 saturated heterocycles. The Morgan fingerprint density at radius 2 is 1.82 bits per heavy atom. The van der Waals surface area contributed by atoms with Gasteiger partial charge in [0.05, 0.1) is 24.0 Å². The van der Waals surface area contributed by atoms with Gasteiger partial charge in [0.15, 0.2) is 5.69 Å². The highest BCUT2D eigenvalue weighted by molar-refractivity contribution is 6.30. The number of anilines is 1. The van der Waals surface area contributed by atoms with Crippen LogP contribution in [-0.4, -0.2) is 56.6 Å². The van der Waals surface area contributed by atoms with E-state index < -0.39 is 11.9 Å². The van der Waals surface area contributed by atoms with Crippen LogP contribution in [0.4, 0.5) is 5.95 Å². The highest BCUT2D eigenvalue weighted by Gasteiger charge is 2.33. The van der Waals surface area contributed by atoms with Gasteiger partial charge in [0.1, 0.15) is 5.69 Å². The van der Waals surface area contributed by atoms with Gasteiger partial charge < -0.3 is 19.3 Å². The first-order valence-corrected chi connectivity index (χ1v) is 13.2. The van der Waals surface area contributed by atoms with E-state index in [9.17, 15) is 14.7 Å². The number of aromatic nitrogens is 5. The molecule has 1 N–H and O–H groups in total. The van der Waals surface area contributed by atoms with Crippen LogP contribution in [0.2, 0.25) is 10.0 Å². The number of halogens is 2. The van der Waals surface area contributed by atoms with E-state index in [0.29, 0.717) is 38.5 Å². The van der Waals surface area contributed by atoms with Gasteiger partial charge in [0.25, 0.3) is 5.56 Å². The molecule has 0 aliphatic rings. The van der Waals surface area contributed by atoms with Crippen LogP contribution in [0.15, 0.2) is 47.5 Å². The number of carbonyl (C=O) groups is 1. The lowest BCUT2D eigenvalue weighted by atomic mass is 9.83. The lowest BCUT2D eigenvalue weighted by Gasteiger charge is -2.22. The molecule has 4 rings (SSSR count). The summed E-state index contributed by atoms with van der Waals surface area (Å²) in [6, 6.07) is 8.73. The summed E-state index contributed by atoms with van der Waals surface area (Å²) in [5.74, 6) is -1.32. The number of rotatable bonds is 9. The van der Waals surface area contributed by atoms with Crippen molar-refractivity contribution in [2.45, 2.75) is 32.1 Å². The Bertz CT molecular complexity index is 1610. The Labute approximate surface area is 241 Å². The molecule has 210 valence electrons. The molecule has 12 heteroatoms. The van der Waals surface area contributed by atoms with Crippen molar-refractivity contribution in [3.63, 3.8) is 0 Å². The minimum atomic E-state index is -1.21. The number of carboxylic acids is 1. The molecule has 1 unspecified atom stereocenters. The number of nitrogens with zero attached hydrogens (tertiary/aromatic N) is 6. The van der Waals surface area contributed by atoms with Crippen molar-refractivity contribution in [3.8, 4) is 11.6 Å². The van der Waals surface area contributed by atoms with Gasteiger partial charge in [-0.1, -0.05) is 49.2 Å². The number of hydrogen-bond donors (Lipinski definition) is 1. The second-order valence-electron chi connectivity index (χ2n) is 9.89. The van der Waals surface area contributed by atoms with Gasteiger partial charge in [0, 0.05) is 49.4 Å². The fraction of sp³-hybridized carbons (Fsp3) is 0.321. The maximum Gasteiger partial charge on any atom is 0.356 e. The van der Waals surface area contributed by atoms with Gasteiger partial charge in [-0.3, -0.25) is 4.79 Å². The van der Waals surface area contributed by atoms with Crippen LogP contribution in [-0.2, 0) is 13.5 Å². The molecule has 4 aromatic rings. The molecule has 0 fully saturated rings. The number of aromatic carboxylic acids is 1. The number of ether oxygens (including phenoxy) is 1. The molecule has 0 saturated carbocycles. The molecule has 3 heterocycles. The van der Waals surface area contributed by atoms with E-state index in [1.54, 1.807) is 50.4 Å². The van der Waals surface area contributed by atoms with Crippen molar-refractivity contribution in [2.24, 2.45) is 7.05 Å². The van der Waals surface area contributed by atoms with Crippen molar-refractivity contribution >= 4 is 35.1 Å². The van der Waals surface area contributed by atoms with Crippen LogP contribution in [0.3, 0.4) is 0 Å². The topological polar surface area (TPSA) is 115 Å². The summed E-state index contributed by atoms with van der Waals surface area (Å²) in [4.78, 5) is 36.4. The van der Waals surface area contributed by atoms with Crippen LogP contribution in [0.5, 0.6) is 5.88 Å². The second kappa shape index (κ2) is 11.7. The van der Waals surface area contributed by atoms with E-state index in [2.05, 4.69) is 15.1 Å². The molecule has 3 aromatic heterocycles. The molecule has 0 bridgehead atoms. The first kappa shape index (κ1) is 29.1. The van der Waals surface area contributed by atoms with Gasteiger partial charge >= 0.3 is 5.97 Å². The average molecular weight is 585 g/mol. The molecule has 10 nitrogen and oxygen atoms in total. The quantitative estimate of drug-likeness (QED) is 0.294. The molecule has 0 amide bonds. The highest BCUT2D eigenvalue weighted by atomic mass is 35.5. The fourth-order valence-corrected chi connectivity index (χ4v) is 5.13. The molecular formula is C28H30Cl2N6O4. The van der Waals surface area contributed by atoms with Crippen molar-refractivity contribution in [1.29, 1.82) is 0 Å². The lowest BCUT2D eigenvalue weighted by Crippen LogP contribution is -2.23. The third-order valence-corrected chi connectivity index (χ3v) is 6.98. The largest absolute Gasteiger partial charge is 0.479 e. The monoisotopic (exact) mass is 584 g/mol. The summed E-state index contributed by atoms with van der Waals surface area (Å²) in [7, 11) is 6.71. The molecule has 40 heavy (non-hydrogen) atoms. The average Bonchev–Trinajstić information content (AvgIpc) is 3.31. The molecule has 0 aliphatic carbocycles. The van der Waals surface area contributed by atoms with Crippen LogP contribution < -0.4 is 15.2 Å². The summed E-state index contributed by atoms with van der Waals surface area (Å²) in [5.41, 5.74) is 2.29. The van der Waals surface area contributed by atoms with Gasteiger partial charge in [-0.15, -0.1) is 0 Å². The van der Waals surface area contributed by atoms with Crippen LogP contribution in [0.25, 0.3) is 5.69 Å². The Morgan fingerprint density at radius 3 is 2.40 bits per heavy atom. The van der Waals surface area contributed by atoms with Gasteiger partial charge in [-0.05, 0) is 36.1 Å². The first-order valence-electron chi connectivity index (χ1n) is 12.5. The Balaban J connectivity index is 2.04. The number of aryl methyl sites for hydroxylation is 1. The van der Waals surface area contributed by atoms with E-state index in [-0.39, 0.29) is 29.5 Å². The van der Waals surface area contributed by atoms with E-state index in [1.807, 2.05) is 26.0 Å². The molecule has 1 atom stereocenters. The third-order valence-electron chi connectivity index (χ3n) is 6.52.